The Morgan fingerprint density at radius 3 is 2.73 bits per heavy atom. The lowest BCUT2D eigenvalue weighted by Crippen LogP contribution is -2.17. The second-order valence-electron chi connectivity index (χ2n) is 3.08. The van der Waals surface area contributed by atoms with E-state index in [4.69, 9.17) is 17.0 Å². The maximum absolute atomic E-state index is 11.1. The molecule has 1 amide bonds. The number of rotatable bonds is 3. The van der Waals surface area contributed by atoms with Crippen LogP contribution >= 0.6 is 0 Å². The normalized spacial score (nSPS) is 11.6. The van der Waals surface area contributed by atoms with Crippen molar-refractivity contribution in [2.75, 3.05) is 0 Å². The van der Waals surface area contributed by atoms with Gasteiger partial charge in [0.15, 0.2) is 0 Å². The van der Waals surface area contributed by atoms with Crippen molar-refractivity contribution in [2.24, 2.45) is 16.6 Å². The molecule has 0 saturated carbocycles. The number of amides is 1. The minimum atomic E-state index is -0.586. The van der Waals surface area contributed by atoms with Gasteiger partial charge in [0.1, 0.15) is 0 Å². The number of primary amides is 1. The Balaban J connectivity index is 3.47. The second-order valence-corrected chi connectivity index (χ2v) is 3.08. The smallest absolute Gasteiger partial charge is 0.249 e. The lowest BCUT2D eigenvalue weighted by atomic mass is 9.99. The summed E-state index contributed by atoms with van der Waals surface area (Å²) < 4.78 is 0. The molecule has 1 aromatic rings. The molecule has 0 fully saturated rings. The molecule has 1 rings (SSSR count). The van der Waals surface area contributed by atoms with E-state index in [0.717, 1.165) is 0 Å². The van der Waals surface area contributed by atoms with Crippen molar-refractivity contribution < 1.29 is 4.79 Å². The molecule has 0 bridgehead atoms. The van der Waals surface area contributed by atoms with Gasteiger partial charge in [-0.1, -0.05) is 17.2 Å². The van der Waals surface area contributed by atoms with E-state index in [1.165, 1.54) is 0 Å². The molecule has 6 nitrogen and oxygen atoms in total. The number of benzene rings is 1. The zero-order valence-corrected chi connectivity index (χ0v) is 8.21. The molecule has 78 valence electrons. The summed E-state index contributed by atoms with van der Waals surface area (Å²) in [6.07, 6.45) is 0. The largest absolute Gasteiger partial charge is 0.366 e. The highest BCUT2D eigenvalue weighted by atomic mass is 16.1. The number of carbonyl (C=O) groups excluding carboxylic acids is 1. The summed E-state index contributed by atoms with van der Waals surface area (Å²) in [5.74, 6) is -0.586. The van der Waals surface area contributed by atoms with Gasteiger partial charge in [-0.3, -0.25) is 4.79 Å². The first-order valence-electron chi connectivity index (χ1n) is 4.31. The summed E-state index contributed by atoms with van der Waals surface area (Å²) >= 11 is 0. The maximum atomic E-state index is 11.1. The number of nitrogens with two attached hydrogens (primary N) is 2. The van der Waals surface area contributed by atoms with Gasteiger partial charge >= 0.3 is 0 Å². The van der Waals surface area contributed by atoms with E-state index in [2.05, 4.69) is 10.0 Å². The quantitative estimate of drug-likeness (QED) is 0.444. The number of carbonyl (C=O) groups is 1. The molecule has 6 heteroatoms. The molecule has 1 atom stereocenters. The summed E-state index contributed by atoms with van der Waals surface area (Å²) in [5, 5.41) is 3.46. The first kappa shape index (κ1) is 11.0. The third-order valence-electron chi connectivity index (χ3n) is 1.96. The number of nitrogens with zero attached hydrogens (tertiary/aromatic N) is 3. The molecular formula is C9H11N5O. The number of hydrogen-bond acceptors (Lipinski definition) is 3. The molecule has 0 heterocycles. The van der Waals surface area contributed by atoms with Crippen LogP contribution in [0.5, 0.6) is 0 Å². The lowest BCUT2D eigenvalue weighted by Gasteiger charge is -2.12. The summed E-state index contributed by atoms with van der Waals surface area (Å²) in [6, 6.07) is 4.31. The highest BCUT2D eigenvalue weighted by molar-refractivity contribution is 5.95. The summed E-state index contributed by atoms with van der Waals surface area (Å²) in [4.78, 5) is 13.8. The topological polar surface area (TPSA) is 118 Å². The van der Waals surface area contributed by atoms with Crippen molar-refractivity contribution in [2.45, 2.75) is 13.0 Å². The Bertz CT molecular complexity index is 414. The SMILES string of the molecule is CC(N)c1c(N=[N+]=[N-])cccc1C(N)=O. The van der Waals surface area contributed by atoms with E-state index in [9.17, 15) is 4.79 Å². The fraction of sp³-hybridized carbons (Fsp3) is 0.222. The van der Waals surface area contributed by atoms with E-state index in [-0.39, 0.29) is 5.56 Å². The van der Waals surface area contributed by atoms with Crippen molar-refractivity contribution in [3.63, 3.8) is 0 Å². The van der Waals surface area contributed by atoms with Gasteiger partial charge in [-0.05, 0) is 24.1 Å². The van der Waals surface area contributed by atoms with E-state index in [1.807, 2.05) is 0 Å². The van der Waals surface area contributed by atoms with Crippen molar-refractivity contribution in [3.8, 4) is 0 Å². The molecule has 15 heavy (non-hydrogen) atoms. The predicted molar refractivity (Wildman–Crippen MR) is 56.4 cm³/mol. The van der Waals surface area contributed by atoms with Crippen LogP contribution in [-0.4, -0.2) is 5.91 Å². The van der Waals surface area contributed by atoms with Crippen LogP contribution in [0.1, 0.15) is 28.9 Å². The van der Waals surface area contributed by atoms with Crippen LogP contribution in [0.2, 0.25) is 0 Å². The van der Waals surface area contributed by atoms with E-state index >= 15 is 0 Å². The molecule has 1 aromatic carbocycles. The van der Waals surface area contributed by atoms with Crippen LogP contribution in [0.4, 0.5) is 5.69 Å². The van der Waals surface area contributed by atoms with Crippen LogP contribution in [-0.2, 0) is 0 Å². The van der Waals surface area contributed by atoms with E-state index in [0.29, 0.717) is 11.3 Å². The van der Waals surface area contributed by atoms with Gasteiger partial charge in [0.05, 0.1) is 0 Å². The monoisotopic (exact) mass is 205 g/mol. The molecule has 1 unspecified atom stereocenters. The maximum Gasteiger partial charge on any atom is 0.249 e. The molecule has 0 aromatic heterocycles. The predicted octanol–water partition coefficient (Wildman–Crippen LogP) is 1.75. The minimum absolute atomic E-state index is 0.287. The van der Waals surface area contributed by atoms with Gasteiger partial charge in [-0.25, -0.2) is 0 Å². The first-order valence-corrected chi connectivity index (χ1v) is 4.31. The Hall–Kier alpha value is -2.04. The Labute approximate surface area is 86.5 Å². The van der Waals surface area contributed by atoms with Crippen molar-refractivity contribution in [3.05, 3.63) is 39.8 Å². The molecule has 0 aliphatic rings. The van der Waals surface area contributed by atoms with Crippen molar-refractivity contribution in [1.82, 2.24) is 0 Å². The summed E-state index contributed by atoms with van der Waals surface area (Å²) in [6.45, 7) is 1.69. The van der Waals surface area contributed by atoms with E-state index in [1.54, 1.807) is 25.1 Å². The average Bonchev–Trinajstić information content (AvgIpc) is 2.17. The van der Waals surface area contributed by atoms with Crippen LogP contribution in [0.15, 0.2) is 23.3 Å². The zero-order chi connectivity index (χ0) is 11.4. The molecular weight excluding hydrogens is 194 g/mol. The molecule has 0 aliphatic heterocycles. The molecule has 0 aliphatic carbocycles. The van der Waals surface area contributed by atoms with Gasteiger partial charge < -0.3 is 11.5 Å². The lowest BCUT2D eigenvalue weighted by molar-refractivity contribution is 0.0999. The van der Waals surface area contributed by atoms with Crippen LogP contribution in [0.3, 0.4) is 0 Å². The highest BCUT2D eigenvalue weighted by Crippen LogP contribution is 2.27. The summed E-state index contributed by atoms with van der Waals surface area (Å²) in [7, 11) is 0. The van der Waals surface area contributed by atoms with Crippen LogP contribution < -0.4 is 11.5 Å². The van der Waals surface area contributed by atoms with Gasteiger partial charge in [0.2, 0.25) is 5.91 Å². The van der Waals surface area contributed by atoms with Gasteiger partial charge in [0, 0.05) is 22.2 Å². The zero-order valence-electron chi connectivity index (χ0n) is 8.21. The first-order chi connectivity index (χ1) is 7.07. The summed E-state index contributed by atoms with van der Waals surface area (Å²) in [5.41, 5.74) is 20.3. The Morgan fingerprint density at radius 2 is 2.27 bits per heavy atom. The molecule has 0 saturated heterocycles. The third-order valence-corrected chi connectivity index (χ3v) is 1.96. The number of azide groups is 1. The van der Waals surface area contributed by atoms with Gasteiger partial charge in [0.25, 0.3) is 0 Å². The second kappa shape index (κ2) is 4.45. The van der Waals surface area contributed by atoms with Gasteiger partial charge in [-0.2, -0.15) is 0 Å². The number of hydrogen-bond donors (Lipinski definition) is 2. The Kier molecular flexibility index (Phi) is 3.28. The molecule has 0 radical (unpaired) electrons. The molecule has 0 spiro atoms. The van der Waals surface area contributed by atoms with Crippen LogP contribution in [0.25, 0.3) is 10.4 Å². The fourth-order valence-electron chi connectivity index (χ4n) is 1.38. The molecule has 4 N–H and O–H groups in total. The fourth-order valence-corrected chi connectivity index (χ4v) is 1.38. The average molecular weight is 205 g/mol. The highest BCUT2D eigenvalue weighted by Gasteiger charge is 2.14. The van der Waals surface area contributed by atoms with E-state index < -0.39 is 11.9 Å². The van der Waals surface area contributed by atoms with Crippen LogP contribution in [0, 0.1) is 0 Å². The minimum Gasteiger partial charge on any atom is -0.366 e. The Morgan fingerprint density at radius 1 is 1.60 bits per heavy atom. The van der Waals surface area contributed by atoms with Crippen molar-refractivity contribution in [1.29, 1.82) is 0 Å². The third kappa shape index (κ3) is 2.25. The van der Waals surface area contributed by atoms with Crippen molar-refractivity contribution >= 4 is 11.6 Å². The van der Waals surface area contributed by atoms with Gasteiger partial charge in [-0.15, -0.1) is 0 Å². The standard InChI is InChI=1S/C9H11N5O/c1-5(10)8-6(9(11)15)3-2-4-7(8)13-14-12/h2-5H,10H2,1H3,(H2,11,15).